The molecular formula is C12H17N3S2. The van der Waals surface area contributed by atoms with E-state index in [-0.39, 0.29) is 6.04 Å². The number of thiophene rings is 1. The predicted octanol–water partition coefficient (Wildman–Crippen LogP) is 3.17. The SMILES string of the molecule is CCCc1nnsc1C(NC)c1sccc1C. The second-order valence-electron chi connectivity index (χ2n) is 4.02. The average Bonchev–Trinajstić information content (AvgIpc) is 2.92. The Morgan fingerprint density at radius 3 is 2.82 bits per heavy atom. The summed E-state index contributed by atoms with van der Waals surface area (Å²) in [4.78, 5) is 2.64. The monoisotopic (exact) mass is 267 g/mol. The normalized spacial score (nSPS) is 12.9. The van der Waals surface area contributed by atoms with Crippen molar-refractivity contribution in [3.63, 3.8) is 0 Å². The van der Waals surface area contributed by atoms with E-state index in [4.69, 9.17) is 0 Å². The zero-order valence-electron chi connectivity index (χ0n) is 10.4. The molecule has 0 spiro atoms. The summed E-state index contributed by atoms with van der Waals surface area (Å²) in [5, 5.41) is 9.78. The highest BCUT2D eigenvalue weighted by Gasteiger charge is 2.21. The van der Waals surface area contributed by atoms with Crippen LogP contribution in [0.5, 0.6) is 0 Å². The van der Waals surface area contributed by atoms with E-state index >= 15 is 0 Å². The van der Waals surface area contributed by atoms with Crippen LogP contribution in [-0.2, 0) is 6.42 Å². The Morgan fingerprint density at radius 1 is 1.41 bits per heavy atom. The summed E-state index contributed by atoms with van der Waals surface area (Å²) in [5.74, 6) is 0. The largest absolute Gasteiger partial charge is 0.308 e. The molecule has 0 aliphatic heterocycles. The van der Waals surface area contributed by atoms with Crippen LogP contribution in [0, 0.1) is 6.92 Å². The van der Waals surface area contributed by atoms with Crippen LogP contribution in [0.4, 0.5) is 0 Å². The third-order valence-electron chi connectivity index (χ3n) is 2.79. The zero-order valence-corrected chi connectivity index (χ0v) is 12.0. The van der Waals surface area contributed by atoms with Crippen LogP contribution >= 0.6 is 22.9 Å². The smallest absolute Gasteiger partial charge is 0.0807 e. The highest BCUT2D eigenvalue weighted by molar-refractivity contribution is 7.10. The van der Waals surface area contributed by atoms with Gasteiger partial charge in [0.2, 0.25) is 0 Å². The third-order valence-corrected chi connectivity index (χ3v) is 4.70. The molecule has 1 atom stereocenters. The summed E-state index contributed by atoms with van der Waals surface area (Å²) in [6, 6.07) is 2.41. The summed E-state index contributed by atoms with van der Waals surface area (Å²) in [6.07, 6.45) is 2.12. The molecule has 5 heteroatoms. The van der Waals surface area contributed by atoms with Crippen LogP contribution in [0.2, 0.25) is 0 Å². The molecule has 0 bridgehead atoms. The van der Waals surface area contributed by atoms with Crippen LogP contribution in [0.15, 0.2) is 11.4 Å². The molecule has 0 aliphatic carbocycles. The molecule has 2 heterocycles. The molecule has 0 fully saturated rings. The molecule has 0 amide bonds. The average molecular weight is 267 g/mol. The fraction of sp³-hybridized carbons (Fsp3) is 0.500. The van der Waals surface area contributed by atoms with Crippen molar-refractivity contribution in [3.05, 3.63) is 32.5 Å². The lowest BCUT2D eigenvalue weighted by molar-refractivity contribution is 0.696. The first kappa shape index (κ1) is 12.7. The molecule has 0 saturated carbocycles. The summed E-state index contributed by atoms with van der Waals surface area (Å²) >= 11 is 3.31. The Morgan fingerprint density at radius 2 is 2.24 bits per heavy atom. The maximum Gasteiger partial charge on any atom is 0.0807 e. The van der Waals surface area contributed by atoms with Crippen molar-refractivity contribution in [2.75, 3.05) is 7.05 Å². The van der Waals surface area contributed by atoms with Gasteiger partial charge in [-0.3, -0.25) is 0 Å². The van der Waals surface area contributed by atoms with E-state index < -0.39 is 0 Å². The second kappa shape index (κ2) is 5.71. The molecule has 1 unspecified atom stereocenters. The highest BCUT2D eigenvalue weighted by atomic mass is 32.1. The van der Waals surface area contributed by atoms with Crippen molar-refractivity contribution in [1.29, 1.82) is 0 Å². The Hall–Kier alpha value is -0.780. The van der Waals surface area contributed by atoms with Gasteiger partial charge in [0.1, 0.15) is 0 Å². The second-order valence-corrected chi connectivity index (χ2v) is 5.76. The van der Waals surface area contributed by atoms with E-state index in [9.17, 15) is 0 Å². The van der Waals surface area contributed by atoms with Crippen LogP contribution in [0.25, 0.3) is 0 Å². The molecule has 17 heavy (non-hydrogen) atoms. The fourth-order valence-corrected chi connectivity index (χ4v) is 3.84. The Kier molecular flexibility index (Phi) is 4.25. The summed E-state index contributed by atoms with van der Waals surface area (Å²) in [5.41, 5.74) is 2.48. The molecule has 0 saturated heterocycles. The van der Waals surface area contributed by atoms with Gasteiger partial charge >= 0.3 is 0 Å². The number of aromatic nitrogens is 2. The van der Waals surface area contributed by atoms with E-state index in [2.05, 4.69) is 40.2 Å². The number of aryl methyl sites for hydroxylation is 2. The molecule has 1 N–H and O–H groups in total. The minimum Gasteiger partial charge on any atom is -0.308 e. The molecular weight excluding hydrogens is 250 g/mol. The molecule has 0 aromatic carbocycles. The fourth-order valence-electron chi connectivity index (χ4n) is 1.91. The Bertz CT molecular complexity index is 476. The van der Waals surface area contributed by atoms with Crippen molar-refractivity contribution in [3.8, 4) is 0 Å². The van der Waals surface area contributed by atoms with Crippen LogP contribution in [0.3, 0.4) is 0 Å². The van der Waals surface area contributed by atoms with E-state index in [0.717, 1.165) is 18.5 Å². The van der Waals surface area contributed by atoms with Gasteiger partial charge in [0.25, 0.3) is 0 Å². The Labute approximate surface area is 110 Å². The van der Waals surface area contributed by atoms with Crippen molar-refractivity contribution < 1.29 is 0 Å². The standard InChI is InChI=1S/C12H17N3S2/c1-4-5-9-12(17-15-14-9)10(13-3)11-8(2)6-7-16-11/h6-7,10,13H,4-5H2,1-3H3. The number of rotatable bonds is 5. The third kappa shape index (κ3) is 2.56. The van der Waals surface area contributed by atoms with E-state index in [1.165, 1.54) is 26.9 Å². The van der Waals surface area contributed by atoms with Crippen LogP contribution in [0.1, 0.15) is 40.4 Å². The maximum absolute atomic E-state index is 4.25. The van der Waals surface area contributed by atoms with Crippen molar-refractivity contribution in [1.82, 2.24) is 14.9 Å². The van der Waals surface area contributed by atoms with Gasteiger partial charge in [0.15, 0.2) is 0 Å². The van der Waals surface area contributed by atoms with Crippen molar-refractivity contribution in [2.24, 2.45) is 0 Å². The number of nitrogens with zero attached hydrogens (tertiary/aromatic N) is 2. The Balaban J connectivity index is 2.35. The van der Waals surface area contributed by atoms with Gasteiger partial charge in [-0.05, 0) is 48.9 Å². The van der Waals surface area contributed by atoms with Gasteiger partial charge in [-0.15, -0.1) is 16.4 Å². The molecule has 2 aromatic heterocycles. The van der Waals surface area contributed by atoms with E-state index in [1.807, 2.05) is 7.05 Å². The molecule has 2 rings (SSSR count). The summed E-state index contributed by atoms with van der Waals surface area (Å²) in [7, 11) is 2.00. The lowest BCUT2D eigenvalue weighted by Crippen LogP contribution is -2.17. The van der Waals surface area contributed by atoms with Crippen LogP contribution in [-0.4, -0.2) is 16.6 Å². The number of hydrogen-bond donors (Lipinski definition) is 1. The highest BCUT2D eigenvalue weighted by Crippen LogP contribution is 2.32. The van der Waals surface area contributed by atoms with E-state index in [0.29, 0.717) is 0 Å². The quantitative estimate of drug-likeness (QED) is 0.904. The van der Waals surface area contributed by atoms with Gasteiger partial charge in [0, 0.05) is 4.88 Å². The number of nitrogens with one attached hydrogen (secondary N) is 1. The molecule has 3 nitrogen and oxygen atoms in total. The predicted molar refractivity (Wildman–Crippen MR) is 73.9 cm³/mol. The molecule has 0 aliphatic rings. The first-order chi connectivity index (χ1) is 8.27. The summed E-state index contributed by atoms with van der Waals surface area (Å²) in [6.45, 7) is 4.33. The van der Waals surface area contributed by atoms with Crippen molar-refractivity contribution in [2.45, 2.75) is 32.7 Å². The lowest BCUT2D eigenvalue weighted by atomic mass is 10.1. The summed E-state index contributed by atoms with van der Waals surface area (Å²) < 4.78 is 4.11. The first-order valence-electron chi connectivity index (χ1n) is 5.80. The zero-order chi connectivity index (χ0) is 12.3. The van der Waals surface area contributed by atoms with Gasteiger partial charge in [-0.1, -0.05) is 17.8 Å². The van der Waals surface area contributed by atoms with Gasteiger partial charge in [-0.25, -0.2) is 0 Å². The topological polar surface area (TPSA) is 37.8 Å². The van der Waals surface area contributed by atoms with E-state index in [1.54, 1.807) is 11.3 Å². The lowest BCUT2D eigenvalue weighted by Gasteiger charge is -2.14. The van der Waals surface area contributed by atoms with Gasteiger partial charge < -0.3 is 5.32 Å². The van der Waals surface area contributed by atoms with Crippen molar-refractivity contribution >= 4 is 22.9 Å². The number of hydrogen-bond acceptors (Lipinski definition) is 5. The minimum atomic E-state index is 0.247. The molecule has 0 radical (unpaired) electrons. The van der Waals surface area contributed by atoms with Gasteiger partial charge in [0.05, 0.1) is 16.6 Å². The first-order valence-corrected chi connectivity index (χ1v) is 7.45. The molecule has 2 aromatic rings. The maximum atomic E-state index is 4.25. The van der Waals surface area contributed by atoms with Crippen LogP contribution < -0.4 is 5.32 Å². The minimum absolute atomic E-state index is 0.247. The van der Waals surface area contributed by atoms with Gasteiger partial charge in [-0.2, -0.15) is 0 Å². The molecule has 92 valence electrons.